The van der Waals surface area contributed by atoms with Crippen LogP contribution in [0.25, 0.3) is 5.57 Å². The van der Waals surface area contributed by atoms with Gasteiger partial charge in [0.2, 0.25) is 11.8 Å². The summed E-state index contributed by atoms with van der Waals surface area (Å²) in [5, 5.41) is 11.5. The second-order valence-corrected chi connectivity index (χ2v) is 10.1. The third kappa shape index (κ3) is 3.82. The lowest BCUT2D eigenvalue weighted by atomic mass is 9.85. The smallest absolute Gasteiger partial charge is 0.271 e. The molecule has 2 bridgehead atoms. The zero-order chi connectivity index (χ0) is 27.4. The molecule has 3 aliphatic rings. The average molecular weight is 543 g/mol. The lowest BCUT2D eigenvalue weighted by Crippen LogP contribution is -2.33. The van der Waals surface area contributed by atoms with Crippen LogP contribution < -0.4 is 14.4 Å². The molecule has 196 valence electrons. The number of imide groups is 1. The fourth-order valence-electron chi connectivity index (χ4n) is 6.14. The van der Waals surface area contributed by atoms with Gasteiger partial charge in [0.15, 0.2) is 0 Å². The first-order valence-corrected chi connectivity index (χ1v) is 12.7. The van der Waals surface area contributed by atoms with E-state index < -0.39 is 28.6 Å². The predicted molar refractivity (Wildman–Crippen MR) is 146 cm³/mol. The molecule has 39 heavy (non-hydrogen) atoms. The van der Waals surface area contributed by atoms with E-state index in [0.717, 1.165) is 38.7 Å². The van der Waals surface area contributed by atoms with Crippen molar-refractivity contribution in [3.8, 4) is 11.5 Å². The number of non-ortho nitro benzene ring substituents is 1. The van der Waals surface area contributed by atoms with Gasteiger partial charge in [-0.2, -0.15) is 0 Å². The van der Waals surface area contributed by atoms with Crippen molar-refractivity contribution in [2.75, 3.05) is 19.1 Å². The zero-order valence-corrected chi connectivity index (χ0v) is 21.8. The summed E-state index contributed by atoms with van der Waals surface area (Å²) >= 11 is 6.33. The monoisotopic (exact) mass is 542 g/mol. The lowest BCUT2D eigenvalue weighted by Gasteiger charge is -2.22. The molecule has 2 aliphatic carbocycles. The van der Waals surface area contributed by atoms with Crippen molar-refractivity contribution in [3.63, 3.8) is 0 Å². The van der Waals surface area contributed by atoms with Gasteiger partial charge in [-0.25, -0.2) is 4.90 Å². The number of carbonyl (C=O) groups is 2. The molecule has 2 amide bonds. The topological polar surface area (TPSA) is 99.0 Å². The Morgan fingerprint density at radius 2 is 1.31 bits per heavy atom. The first-order chi connectivity index (χ1) is 18.8. The Bertz CT molecular complexity index is 1490. The Morgan fingerprint density at radius 1 is 0.821 bits per heavy atom. The van der Waals surface area contributed by atoms with E-state index in [1.54, 1.807) is 14.2 Å². The first-order valence-electron chi connectivity index (χ1n) is 12.4. The molecule has 3 aromatic rings. The average Bonchev–Trinajstić information content (AvgIpc) is 3.58. The van der Waals surface area contributed by atoms with Crippen LogP contribution in [0.4, 0.5) is 11.4 Å². The summed E-state index contributed by atoms with van der Waals surface area (Å²) < 4.78 is 10.7. The highest BCUT2D eigenvalue weighted by Gasteiger charge is 2.62. The summed E-state index contributed by atoms with van der Waals surface area (Å²) in [6.07, 6.45) is 4.00. The summed E-state index contributed by atoms with van der Waals surface area (Å²) in [4.78, 5) is 39.5. The molecule has 1 heterocycles. The van der Waals surface area contributed by atoms with Gasteiger partial charge >= 0.3 is 0 Å². The number of anilines is 1. The molecule has 0 radical (unpaired) electrons. The molecule has 8 nitrogen and oxygen atoms in total. The molecule has 0 spiro atoms. The van der Waals surface area contributed by atoms with Crippen LogP contribution in [0.15, 0.2) is 84.5 Å². The number of nitrogens with zero attached hydrogens (tertiary/aromatic N) is 2. The zero-order valence-electron chi connectivity index (χ0n) is 21.0. The number of nitro benzene ring substituents is 1. The molecule has 6 rings (SSSR count). The summed E-state index contributed by atoms with van der Waals surface area (Å²) in [7, 11) is 3.22. The number of rotatable bonds is 6. The summed E-state index contributed by atoms with van der Waals surface area (Å²) in [5.41, 5.74) is 3.64. The van der Waals surface area contributed by atoms with Crippen molar-refractivity contribution in [3.05, 3.63) is 111 Å². The largest absolute Gasteiger partial charge is 0.497 e. The Morgan fingerprint density at radius 3 is 1.74 bits per heavy atom. The van der Waals surface area contributed by atoms with Crippen LogP contribution in [0.3, 0.4) is 0 Å². The Kier molecular flexibility index (Phi) is 5.99. The van der Waals surface area contributed by atoms with Crippen LogP contribution in [-0.4, -0.2) is 31.0 Å². The van der Waals surface area contributed by atoms with E-state index in [-0.39, 0.29) is 28.2 Å². The highest BCUT2D eigenvalue weighted by atomic mass is 35.5. The first kappa shape index (κ1) is 24.9. The maximum absolute atomic E-state index is 13.8. The van der Waals surface area contributed by atoms with Crippen molar-refractivity contribution in [2.24, 2.45) is 23.7 Å². The molecular weight excluding hydrogens is 520 g/mol. The molecule has 1 aliphatic heterocycles. The third-order valence-corrected chi connectivity index (χ3v) is 8.16. The van der Waals surface area contributed by atoms with Gasteiger partial charge in [0.1, 0.15) is 11.5 Å². The van der Waals surface area contributed by atoms with Crippen molar-refractivity contribution >= 4 is 40.4 Å². The number of carbonyl (C=O) groups excluding carboxylic acids is 2. The van der Waals surface area contributed by atoms with Gasteiger partial charge in [0.25, 0.3) is 5.69 Å². The number of hydrogen-bond acceptors (Lipinski definition) is 6. The number of benzene rings is 3. The third-order valence-electron chi connectivity index (χ3n) is 7.84. The number of nitro groups is 1. The molecule has 0 aromatic heterocycles. The van der Waals surface area contributed by atoms with E-state index in [4.69, 9.17) is 21.1 Å². The molecule has 4 atom stereocenters. The fourth-order valence-corrected chi connectivity index (χ4v) is 6.34. The van der Waals surface area contributed by atoms with E-state index in [0.29, 0.717) is 0 Å². The molecule has 1 saturated carbocycles. The lowest BCUT2D eigenvalue weighted by molar-refractivity contribution is -0.384. The SMILES string of the molecule is COc1ccc(C(=C2[C@H]3C=C[C@H]2[C@H]2C(=O)N(c4cc([N+](=O)[O-])ccc4Cl)C(=O)[C@H]23)c2ccc(OC)cc2)cc1. The second-order valence-electron chi connectivity index (χ2n) is 9.68. The number of methoxy groups -OCH3 is 2. The van der Waals surface area contributed by atoms with Crippen LogP contribution in [-0.2, 0) is 9.59 Å². The van der Waals surface area contributed by atoms with E-state index in [9.17, 15) is 19.7 Å². The van der Waals surface area contributed by atoms with E-state index in [2.05, 4.69) is 0 Å². The number of allylic oxidation sites excluding steroid dienone is 3. The van der Waals surface area contributed by atoms with Crippen LogP contribution >= 0.6 is 11.6 Å². The van der Waals surface area contributed by atoms with Crippen LogP contribution in [0.2, 0.25) is 5.02 Å². The molecule has 2 fully saturated rings. The maximum Gasteiger partial charge on any atom is 0.271 e. The van der Waals surface area contributed by atoms with Gasteiger partial charge in [-0.15, -0.1) is 0 Å². The summed E-state index contributed by atoms with van der Waals surface area (Å²) in [6, 6.07) is 19.2. The number of fused-ring (bicyclic) bond motifs is 5. The van der Waals surface area contributed by atoms with Gasteiger partial charge in [-0.1, -0.05) is 48.0 Å². The second kappa shape index (κ2) is 9.39. The van der Waals surface area contributed by atoms with Crippen molar-refractivity contribution in [1.29, 1.82) is 0 Å². The van der Waals surface area contributed by atoms with Gasteiger partial charge in [-0.3, -0.25) is 19.7 Å². The summed E-state index contributed by atoms with van der Waals surface area (Å²) in [5.74, 6) is -1.21. The molecule has 3 aromatic carbocycles. The van der Waals surface area contributed by atoms with Gasteiger partial charge in [0, 0.05) is 24.0 Å². The highest BCUT2D eigenvalue weighted by molar-refractivity contribution is 6.36. The molecular formula is C30H23ClN2O6. The minimum absolute atomic E-state index is 0.0470. The van der Waals surface area contributed by atoms with Crippen LogP contribution in [0.5, 0.6) is 11.5 Å². The normalized spacial score (nSPS) is 22.8. The Balaban J connectivity index is 1.47. The van der Waals surface area contributed by atoms with Crippen molar-refractivity contribution < 1.29 is 24.0 Å². The maximum atomic E-state index is 13.8. The van der Waals surface area contributed by atoms with Crippen LogP contribution in [0, 0.1) is 33.8 Å². The van der Waals surface area contributed by atoms with Crippen molar-refractivity contribution in [2.45, 2.75) is 0 Å². The number of ether oxygens (including phenoxy) is 2. The molecule has 0 N–H and O–H groups in total. The number of amides is 2. The van der Waals surface area contributed by atoms with E-state index >= 15 is 0 Å². The van der Waals surface area contributed by atoms with Gasteiger partial charge in [-0.05, 0) is 52.6 Å². The molecule has 1 saturated heterocycles. The van der Waals surface area contributed by atoms with Gasteiger partial charge < -0.3 is 9.47 Å². The standard InChI is InChI=1S/C30H23ClN2O6/c1-38-19-8-3-16(4-9-19)25(17-5-10-20(39-2)11-6-17)26-21-12-13-22(26)28-27(21)29(34)32(30(28)35)24-15-18(33(36)37)7-14-23(24)31/h3-15,21-22,27-28H,1-2H3/t21-,22-,27-,28+/m1/s1. The fraction of sp³-hybridized carbons (Fsp3) is 0.200. The minimum atomic E-state index is -0.621. The Labute approximate surface area is 229 Å². The quantitative estimate of drug-likeness (QED) is 0.172. The van der Waals surface area contributed by atoms with E-state index in [1.807, 2.05) is 60.7 Å². The summed E-state index contributed by atoms with van der Waals surface area (Å²) in [6.45, 7) is 0. The van der Waals surface area contributed by atoms with Crippen molar-refractivity contribution in [1.82, 2.24) is 0 Å². The minimum Gasteiger partial charge on any atom is -0.497 e. The molecule has 0 unspecified atom stereocenters. The van der Waals surface area contributed by atoms with E-state index in [1.165, 1.54) is 18.2 Å². The number of hydrogen-bond donors (Lipinski definition) is 0. The molecule has 9 heteroatoms. The number of halogens is 1. The van der Waals surface area contributed by atoms with Crippen LogP contribution in [0.1, 0.15) is 11.1 Å². The Hall–Kier alpha value is -4.43. The predicted octanol–water partition coefficient (Wildman–Crippen LogP) is 5.69. The highest BCUT2D eigenvalue weighted by Crippen LogP contribution is 2.59. The van der Waals surface area contributed by atoms with Gasteiger partial charge in [0.05, 0.1) is 41.7 Å².